The number of nitrogens with zero attached hydrogens (tertiary/aromatic N) is 4. The van der Waals surface area contributed by atoms with Gasteiger partial charge in [-0.25, -0.2) is 4.98 Å². The number of thiazole rings is 1. The van der Waals surface area contributed by atoms with Gasteiger partial charge in [-0.2, -0.15) is 10.5 Å². The van der Waals surface area contributed by atoms with Crippen LogP contribution in [0.25, 0.3) is 22.4 Å². The van der Waals surface area contributed by atoms with Gasteiger partial charge in [-0.15, -0.1) is 11.3 Å². The van der Waals surface area contributed by atoms with E-state index in [2.05, 4.69) is 65.4 Å². The topological polar surface area (TPSA) is 63.7 Å². The Bertz CT molecular complexity index is 985. The van der Waals surface area contributed by atoms with Crippen molar-refractivity contribution in [3.63, 3.8) is 0 Å². The van der Waals surface area contributed by atoms with Gasteiger partial charge >= 0.3 is 0 Å². The molecule has 3 rings (SSSR count). The van der Waals surface area contributed by atoms with Crippen LogP contribution in [0.5, 0.6) is 0 Å². The Kier molecular flexibility index (Phi) is 6.20. The predicted molar refractivity (Wildman–Crippen MR) is 112 cm³/mol. The van der Waals surface area contributed by atoms with Crippen molar-refractivity contribution in [2.45, 2.75) is 19.8 Å². The zero-order chi connectivity index (χ0) is 19.1. The molecule has 0 saturated heterocycles. The van der Waals surface area contributed by atoms with E-state index in [1.807, 2.05) is 18.2 Å². The second-order valence-electron chi connectivity index (χ2n) is 6.20. The van der Waals surface area contributed by atoms with Crippen LogP contribution in [0.1, 0.15) is 29.0 Å². The lowest BCUT2D eigenvalue weighted by atomic mass is 10.1. The quantitative estimate of drug-likeness (QED) is 0.556. The highest BCUT2D eigenvalue weighted by Gasteiger charge is 2.08. The molecule has 0 aliphatic heterocycles. The van der Waals surface area contributed by atoms with Crippen molar-refractivity contribution in [2.75, 3.05) is 18.0 Å². The molecular formula is C22H20N4S. The summed E-state index contributed by atoms with van der Waals surface area (Å²) in [5.74, 6) is 0. The third kappa shape index (κ3) is 4.73. The minimum Gasteiger partial charge on any atom is -0.369 e. The fraction of sp³-hybridized carbons (Fsp3) is 0.227. The molecule has 0 saturated carbocycles. The SMILES string of the molecule is Cc1cc(N(CCC#N)CCC#N)ccc1C=Cc1nc2ccccc2s1. The summed E-state index contributed by atoms with van der Waals surface area (Å²) >= 11 is 1.68. The molecule has 2 aromatic carbocycles. The van der Waals surface area contributed by atoms with E-state index in [0.717, 1.165) is 27.3 Å². The molecule has 0 spiro atoms. The molecule has 0 N–H and O–H groups in total. The normalized spacial score (nSPS) is 10.8. The first-order valence-electron chi connectivity index (χ1n) is 8.84. The Morgan fingerprint density at radius 3 is 2.44 bits per heavy atom. The summed E-state index contributed by atoms with van der Waals surface area (Å²) in [6, 6.07) is 18.8. The molecule has 5 heteroatoms. The summed E-state index contributed by atoms with van der Waals surface area (Å²) in [5, 5.41) is 18.7. The van der Waals surface area contributed by atoms with Gasteiger partial charge in [0.1, 0.15) is 5.01 Å². The maximum absolute atomic E-state index is 8.86. The van der Waals surface area contributed by atoms with Crippen LogP contribution in [0.3, 0.4) is 0 Å². The molecule has 134 valence electrons. The fourth-order valence-corrected chi connectivity index (χ4v) is 3.78. The minimum atomic E-state index is 0.448. The third-order valence-electron chi connectivity index (χ3n) is 4.32. The molecule has 3 aromatic rings. The van der Waals surface area contributed by atoms with Crippen LogP contribution in [-0.2, 0) is 0 Å². The Morgan fingerprint density at radius 1 is 1.04 bits per heavy atom. The van der Waals surface area contributed by atoms with Crippen LogP contribution >= 0.6 is 11.3 Å². The summed E-state index contributed by atoms with van der Waals surface area (Å²) < 4.78 is 1.19. The van der Waals surface area contributed by atoms with Crippen LogP contribution in [0.2, 0.25) is 0 Å². The van der Waals surface area contributed by atoms with Gasteiger partial charge in [-0.05, 0) is 48.4 Å². The second-order valence-corrected chi connectivity index (χ2v) is 7.26. The Balaban J connectivity index is 1.78. The van der Waals surface area contributed by atoms with Crippen molar-refractivity contribution >= 4 is 39.4 Å². The lowest BCUT2D eigenvalue weighted by Crippen LogP contribution is -2.25. The highest BCUT2D eigenvalue weighted by Crippen LogP contribution is 2.25. The zero-order valence-corrected chi connectivity index (χ0v) is 16.0. The molecule has 1 aromatic heterocycles. The van der Waals surface area contributed by atoms with Gasteiger partial charge in [0.05, 0.1) is 35.2 Å². The smallest absolute Gasteiger partial charge is 0.117 e. The summed E-state index contributed by atoms with van der Waals surface area (Å²) in [5.41, 5.74) is 4.37. The van der Waals surface area contributed by atoms with Crippen LogP contribution in [0, 0.1) is 29.6 Å². The molecule has 27 heavy (non-hydrogen) atoms. The Labute approximate surface area is 163 Å². The predicted octanol–water partition coefficient (Wildman–Crippen LogP) is 5.41. The van der Waals surface area contributed by atoms with Crippen molar-refractivity contribution in [3.05, 3.63) is 58.6 Å². The summed E-state index contributed by atoms with van der Waals surface area (Å²) in [6.07, 6.45) is 5.04. The lowest BCUT2D eigenvalue weighted by Gasteiger charge is -2.23. The third-order valence-corrected chi connectivity index (χ3v) is 5.32. The highest BCUT2D eigenvalue weighted by atomic mass is 32.1. The molecule has 0 aliphatic rings. The van der Waals surface area contributed by atoms with Crippen LogP contribution in [0.15, 0.2) is 42.5 Å². The first-order valence-corrected chi connectivity index (χ1v) is 9.66. The molecule has 0 amide bonds. The van der Waals surface area contributed by atoms with Crippen molar-refractivity contribution in [1.29, 1.82) is 10.5 Å². The average molecular weight is 372 g/mol. The minimum absolute atomic E-state index is 0.448. The number of hydrogen-bond acceptors (Lipinski definition) is 5. The van der Waals surface area contributed by atoms with Crippen molar-refractivity contribution in [2.24, 2.45) is 0 Å². The number of hydrogen-bond donors (Lipinski definition) is 0. The molecule has 0 unspecified atom stereocenters. The number of fused-ring (bicyclic) bond motifs is 1. The number of para-hydroxylation sites is 1. The number of nitriles is 2. The molecule has 0 aliphatic carbocycles. The van der Waals surface area contributed by atoms with Gasteiger partial charge in [0.25, 0.3) is 0 Å². The van der Waals surface area contributed by atoms with E-state index in [-0.39, 0.29) is 0 Å². The maximum Gasteiger partial charge on any atom is 0.117 e. The van der Waals surface area contributed by atoms with Crippen molar-refractivity contribution in [3.8, 4) is 12.1 Å². The molecule has 0 atom stereocenters. The zero-order valence-electron chi connectivity index (χ0n) is 15.2. The van der Waals surface area contributed by atoms with Crippen molar-refractivity contribution in [1.82, 2.24) is 4.98 Å². The lowest BCUT2D eigenvalue weighted by molar-refractivity contribution is 0.796. The Hall–Kier alpha value is -3.15. The van der Waals surface area contributed by atoms with Gasteiger partial charge in [0.15, 0.2) is 0 Å². The maximum atomic E-state index is 8.86. The van der Waals surface area contributed by atoms with E-state index in [9.17, 15) is 0 Å². The second kappa shape index (κ2) is 8.98. The van der Waals surface area contributed by atoms with E-state index < -0.39 is 0 Å². The molecular weight excluding hydrogens is 352 g/mol. The number of aryl methyl sites for hydroxylation is 1. The van der Waals surface area contributed by atoms with Crippen LogP contribution in [0.4, 0.5) is 5.69 Å². The van der Waals surface area contributed by atoms with E-state index in [4.69, 9.17) is 10.5 Å². The molecule has 1 heterocycles. The van der Waals surface area contributed by atoms with Gasteiger partial charge in [0.2, 0.25) is 0 Å². The number of benzene rings is 2. The van der Waals surface area contributed by atoms with Gasteiger partial charge in [-0.3, -0.25) is 0 Å². The summed E-state index contributed by atoms with van der Waals surface area (Å²) in [4.78, 5) is 6.73. The first kappa shape index (κ1) is 18.6. The average Bonchev–Trinajstić information content (AvgIpc) is 3.10. The highest BCUT2D eigenvalue weighted by molar-refractivity contribution is 7.19. The monoisotopic (exact) mass is 372 g/mol. The number of anilines is 1. The van der Waals surface area contributed by atoms with Gasteiger partial charge < -0.3 is 4.90 Å². The fourth-order valence-electron chi connectivity index (χ4n) is 2.91. The number of aromatic nitrogens is 1. The first-order chi connectivity index (χ1) is 13.2. The summed E-state index contributed by atoms with van der Waals surface area (Å²) in [6.45, 7) is 3.35. The molecule has 0 fully saturated rings. The number of rotatable bonds is 7. The molecule has 4 nitrogen and oxygen atoms in total. The van der Waals surface area contributed by atoms with E-state index in [0.29, 0.717) is 25.9 Å². The van der Waals surface area contributed by atoms with Gasteiger partial charge in [-0.1, -0.05) is 24.3 Å². The Morgan fingerprint density at radius 2 is 1.78 bits per heavy atom. The van der Waals surface area contributed by atoms with E-state index in [1.54, 1.807) is 11.3 Å². The van der Waals surface area contributed by atoms with E-state index >= 15 is 0 Å². The van der Waals surface area contributed by atoms with Crippen LogP contribution in [-0.4, -0.2) is 18.1 Å². The molecule has 0 bridgehead atoms. The van der Waals surface area contributed by atoms with Crippen LogP contribution < -0.4 is 4.90 Å². The largest absolute Gasteiger partial charge is 0.369 e. The molecule has 0 radical (unpaired) electrons. The standard InChI is InChI=1S/C22H20N4S/c1-17-16-19(26(14-4-12-23)15-5-13-24)10-8-18(17)9-11-22-25-20-6-2-3-7-21(20)27-22/h2-3,6-11,16H,4-5,14-15H2,1H3. The summed E-state index contributed by atoms with van der Waals surface area (Å²) in [7, 11) is 0. The van der Waals surface area contributed by atoms with Gasteiger partial charge in [0, 0.05) is 18.8 Å². The van der Waals surface area contributed by atoms with Crippen molar-refractivity contribution < 1.29 is 0 Å². The van der Waals surface area contributed by atoms with E-state index in [1.165, 1.54) is 4.70 Å².